The normalized spacial score (nSPS) is 10.6. The first kappa shape index (κ1) is 14.3. The van der Waals surface area contributed by atoms with E-state index in [9.17, 15) is 0 Å². The van der Waals surface area contributed by atoms with E-state index in [1.165, 1.54) is 11.1 Å². The van der Waals surface area contributed by atoms with Gasteiger partial charge < -0.3 is 9.30 Å². The van der Waals surface area contributed by atoms with Gasteiger partial charge in [-0.15, -0.1) is 10.2 Å². The van der Waals surface area contributed by atoms with E-state index < -0.39 is 0 Å². The van der Waals surface area contributed by atoms with E-state index in [1.54, 1.807) is 13.4 Å². The minimum absolute atomic E-state index is 0.758. The average molecular weight is 293 g/mol. The van der Waals surface area contributed by atoms with Gasteiger partial charge in [-0.05, 0) is 29.7 Å². The molecule has 0 aliphatic rings. The Morgan fingerprint density at radius 2 is 1.77 bits per heavy atom. The molecule has 0 aliphatic carbocycles. The molecular weight excluding hydrogens is 274 g/mol. The molecule has 3 aromatic rings. The number of rotatable bonds is 6. The van der Waals surface area contributed by atoms with Crippen molar-refractivity contribution in [3.8, 4) is 5.75 Å². The lowest BCUT2D eigenvalue weighted by Crippen LogP contribution is -2.06. The molecule has 3 rings (SSSR count). The second-order valence-electron chi connectivity index (χ2n) is 5.21. The van der Waals surface area contributed by atoms with Crippen molar-refractivity contribution in [2.75, 3.05) is 7.11 Å². The molecule has 0 saturated carbocycles. The molecule has 0 unspecified atom stereocenters. The summed E-state index contributed by atoms with van der Waals surface area (Å²) in [7, 11) is 1.68. The Morgan fingerprint density at radius 3 is 2.59 bits per heavy atom. The fourth-order valence-corrected chi connectivity index (χ4v) is 2.47. The number of aryl methyl sites for hydroxylation is 2. The average Bonchev–Trinajstić information content (AvgIpc) is 3.01. The maximum atomic E-state index is 5.27. The van der Waals surface area contributed by atoms with Gasteiger partial charge in [0.05, 0.1) is 13.7 Å². The fourth-order valence-electron chi connectivity index (χ4n) is 2.47. The van der Waals surface area contributed by atoms with Crippen molar-refractivity contribution in [2.24, 2.45) is 0 Å². The third kappa shape index (κ3) is 3.52. The van der Waals surface area contributed by atoms with Crippen LogP contribution in [-0.2, 0) is 19.4 Å². The monoisotopic (exact) mass is 293 g/mol. The van der Waals surface area contributed by atoms with Crippen molar-refractivity contribution in [2.45, 2.75) is 19.4 Å². The van der Waals surface area contributed by atoms with E-state index in [4.69, 9.17) is 4.74 Å². The summed E-state index contributed by atoms with van der Waals surface area (Å²) in [6.45, 7) is 0.758. The van der Waals surface area contributed by atoms with Crippen molar-refractivity contribution < 1.29 is 4.74 Å². The summed E-state index contributed by atoms with van der Waals surface area (Å²) in [6.07, 6.45) is 3.64. The molecule has 0 bridgehead atoms. The van der Waals surface area contributed by atoms with Crippen molar-refractivity contribution in [3.05, 3.63) is 77.9 Å². The quantitative estimate of drug-likeness (QED) is 0.701. The molecule has 0 aliphatic heterocycles. The molecular formula is C18H19N3O. The second kappa shape index (κ2) is 6.89. The van der Waals surface area contributed by atoms with E-state index in [2.05, 4.69) is 45.1 Å². The van der Waals surface area contributed by atoms with Crippen LogP contribution < -0.4 is 4.74 Å². The van der Waals surface area contributed by atoms with Crippen LogP contribution in [0.4, 0.5) is 0 Å². The third-order valence-corrected chi connectivity index (χ3v) is 3.66. The van der Waals surface area contributed by atoms with E-state index >= 15 is 0 Å². The highest BCUT2D eigenvalue weighted by molar-refractivity contribution is 5.28. The lowest BCUT2D eigenvalue weighted by Gasteiger charge is -2.08. The summed E-state index contributed by atoms with van der Waals surface area (Å²) >= 11 is 0. The summed E-state index contributed by atoms with van der Waals surface area (Å²) in [5, 5.41) is 8.31. The molecule has 112 valence electrons. The lowest BCUT2D eigenvalue weighted by molar-refractivity contribution is 0.414. The Kier molecular flexibility index (Phi) is 4.49. The molecule has 1 aromatic heterocycles. The van der Waals surface area contributed by atoms with Gasteiger partial charge >= 0.3 is 0 Å². The predicted molar refractivity (Wildman–Crippen MR) is 86.0 cm³/mol. The van der Waals surface area contributed by atoms with Crippen LogP contribution in [0.3, 0.4) is 0 Å². The summed E-state index contributed by atoms with van der Waals surface area (Å²) in [5.74, 6) is 1.88. The molecule has 0 amide bonds. The fraction of sp³-hybridized carbons (Fsp3) is 0.222. The number of hydrogen-bond acceptors (Lipinski definition) is 3. The maximum Gasteiger partial charge on any atom is 0.133 e. The molecule has 22 heavy (non-hydrogen) atoms. The highest BCUT2D eigenvalue weighted by Crippen LogP contribution is 2.14. The lowest BCUT2D eigenvalue weighted by atomic mass is 10.1. The Hall–Kier alpha value is -2.62. The van der Waals surface area contributed by atoms with Gasteiger partial charge in [-0.3, -0.25) is 0 Å². The number of aromatic nitrogens is 3. The Balaban J connectivity index is 1.69. The Bertz CT molecular complexity index is 722. The highest BCUT2D eigenvalue weighted by Gasteiger charge is 2.06. The molecule has 0 spiro atoms. The van der Waals surface area contributed by atoms with Crippen molar-refractivity contribution in [3.63, 3.8) is 0 Å². The molecule has 0 fully saturated rings. The summed E-state index contributed by atoms with van der Waals surface area (Å²) in [6, 6.07) is 18.5. The van der Waals surface area contributed by atoms with Gasteiger partial charge in [-0.1, -0.05) is 42.5 Å². The van der Waals surface area contributed by atoms with Crippen LogP contribution in [0.25, 0.3) is 0 Å². The van der Waals surface area contributed by atoms with Crippen molar-refractivity contribution in [1.82, 2.24) is 14.8 Å². The smallest absolute Gasteiger partial charge is 0.133 e. The van der Waals surface area contributed by atoms with Crippen LogP contribution in [0.1, 0.15) is 17.0 Å². The van der Waals surface area contributed by atoms with Crippen LogP contribution in [0.2, 0.25) is 0 Å². The SMILES string of the molecule is COc1cccc(Cn2cnnc2CCc2ccccc2)c1. The first-order chi connectivity index (χ1) is 10.8. The summed E-state index contributed by atoms with van der Waals surface area (Å²) in [4.78, 5) is 0. The number of hydrogen-bond donors (Lipinski definition) is 0. The first-order valence-electron chi connectivity index (χ1n) is 7.38. The zero-order chi connectivity index (χ0) is 15.2. The number of nitrogens with zero attached hydrogens (tertiary/aromatic N) is 3. The minimum Gasteiger partial charge on any atom is -0.497 e. The van der Waals surface area contributed by atoms with Crippen LogP contribution >= 0.6 is 0 Å². The summed E-state index contributed by atoms with van der Waals surface area (Å²) < 4.78 is 7.36. The van der Waals surface area contributed by atoms with Crippen LogP contribution in [0.15, 0.2) is 60.9 Å². The Labute approximate surface area is 130 Å². The number of benzene rings is 2. The molecule has 0 saturated heterocycles. The topological polar surface area (TPSA) is 39.9 Å². The molecule has 0 atom stereocenters. The van der Waals surface area contributed by atoms with Crippen molar-refractivity contribution in [1.29, 1.82) is 0 Å². The molecule has 4 nitrogen and oxygen atoms in total. The molecule has 0 radical (unpaired) electrons. The van der Waals surface area contributed by atoms with Gasteiger partial charge in [-0.25, -0.2) is 0 Å². The molecule has 4 heteroatoms. The molecule has 2 aromatic carbocycles. The maximum absolute atomic E-state index is 5.27. The second-order valence-corrected chi connectivity index (χ2v) is 5.21. The largest absolute Gasteiger partial charge is 0.497 e. The van der Waals surface area contributed by atoms with E-state index in [0.29, 0.717) is 0 Å². The van der Waals surface area contributed by atoms with Crippen LogP contribution in [0.5, 0.6) is 5.75 Å². The predicted octanol–water partition coefficient (Wildman–Crippen LogP) is 3.12. The standard InChI is InChI=1S/C18H19N3O/c1-22-17-9-5-8-16(12-17)13-21-14-19-20-18(21)11-10-15-6-3-2-4-7-15/h2-9,12,14H,10-11,13H2,1H3. The molecule has 1 heterocycles. The van der Waals surface area contributed by atoms with Gasteiger partial charge in [-0.2, -0.15) is 0 Å². The first-order valence-corrected chi connectivity index (χ1v) is 7.38. The van der Waals surface area contributed by atoms with Gasteiger partial charge in [0.2, 0.25) is 0 Å². The van der Waals surface area contributed by atoms with E-state index in [0.717, 1.165) is 31.0 Å². The number of ether oxygens (including phenoxy) is 1. The van der Waals surface area contributed by atoms with Crippen LogP contribution in [0, 0.1) is 0 Å². The number of methoxy groups -OCH3 is 1. The van der Waals surface area contributed by atoms with E-state index in [-0.39, 0.29) is 0 Å². The third-order valence-electron chi connectivity index (χ3n) is 3.66. The minimum atomic E-state index is 0.758. The van der Waals surface area contributed by atoms with Gasteiger partial charge in [0.25, 0.3) is 0 Å². The Morgan fingerprint density at radius 1 is 0.955 bits per heavy atom. The van der Waals surface area contributed by atoms with Gasteiger partial charge in [0, 0.05) is 6.42 Å². The summed E-state index contributed by atoms with van der Waals surface area (Å²) in [5.41, 5.74) is 2.50. The molecule has 0 N–H and O–H groups in total. The highest BCUT2D eigenvalue weighted by atomic mass is 16.5. The van der Waals surface area contributed by atoms with E-state index in [1.807, 2.05) is 24.3 Å². The zero-order valence-electron chi connectivity index (χ0n) is 12.6. The van der Waals surface area contributed by atoms with Gasteiger partial charge in [0.1, 0.15) is 17.9 Å². The zero-order valence-corrected chi connectivity index (χ0v) is 12.6. The van der Waals surface area contributed by atoms with Crippen molar-refractivity contribution >= 4 is 0 Å². The van der Waals surface area contributed by atoms with Gasteiger partial charge in [0.15, 0.2) is 0 Å². The van der Waals surface area contributed by atoms with Crippen LogP contribution in [-0.4, -0.2) is 21.9 Å².